The zero-order valence-electron chi connectivity index (χ0n) is 19.5. The molecule has 0 atom stereocenters. The van der Waals surface area contributed by atoms with Gasteiger partial charge >= 0.3 is 10.1 Å². The first-order valence-corrected chi connectivity index (χ1v) is 13.1. The number of imide groups is 1. The van der Waals surface area contributed by atoms with Crippen molar-refractivity contribution < 1.29 is 31.7 Å². The number of ether oxygens (including phenoxy) is 2. The van der Waals surface area contributed by atoms with Crippen LogP contribution in [0.15, 0.2) is 82.6 Å². The predicted molar refractivity (Wildman–Crippen MR) is 137 cm³/mol. The van der Waals surface area contributed by atoms with Crippen molar-refractivity contribution in [2.24, 2.45) is 0 Å². The Bertz CT molecular complexity index is 1400. The van der Waals surface area contributed by atoms with Gasteiger partial charge in [0.1, 0.15) is 17.3 Å². The zero-order valence-corrected chi connectivity index (χ0v) is 21.2. The Hall–Kier alpha value is -3.76. The zero-order chi connectivity index (χ0) is 25.7. The molecule has 10 heteroatoms. The third kappa shape index (κ3) is 5.89. The van der Waals surface area contributed by atoms with Crippen molar-refractivity contribution in [2.45, 2.75) is 11.8 Å². The molecule has 186 valence electrons. The molecule has 3 aromatic rings. The lowest BCUT2D eigenvalue weighted by atomic mass is 10.2. The maximum absolute atomic E-state index is 12.8. The molecule has 1 fully saturated rings. The Kier molecular flexibility index (Phi) is 7.66. The minimum atomic E-state index is -4.12. The van der Waals surface area contributed by atoms with Crippen molar-refractivity contribution in [3.63, 3.8) is 0 Å². The normalized spacial score (nSPS) is 14.8. The summed E-state index contributed by atoms with van der Waals surface area (Å²) in [6.07, 6.45) is 1.51. The number of para-hydroxylation sites is 1. The number of benzene rings is 3. The highest BCUT2D eigenvalue weighted by Gasteiger charge is 2.35. The summed E-state index contributed by atoms with van der Waals surface area (Å²) >= 11 is 0.803. The van der Waals surface area contributed by atoms with Gasteiger partial charge < -0.3 is 13.7 Å². The Morgan fingerprint density at radius 3 is 2.36 bits per heavy atom. The number of carbonyl (C=O) groups is 2. The molecule has 2 amide bonds. The molecule has 0 spiro atoms. The van der Waals surface area contributed by atoms with Crippen LogP contribution in [0.5, 0.6) is 17.2 Å². The SMILES string of the molecule is COc1ccc(/C=C2\SC(=O)N(CCOc3ccccc3)C2=O)cc1OS(=O)(=O)c1ccc(C)cc1. The highest BCUT2D eigenvalue weighted by molar-refractivity contribution is 8.18. The molecule has 0 bridgehead atoms. The lowest BCUT2D eigenvalue weighted by Gasteiger charge is -2.13. The van der Waals surface area contributed by atoms with Crippen molar-refractivity contribution in [2.75, 3.05) is 20.3 Å². The quantitative estimate of drug-likeness (QED) is 0.288. The summed E-state index contributed by atoms with van der Waals surface area (Å²) in [5.41, 5.74) is 1.38. The second-order valence-corrected chi connectivity index (χ2v) is 10.3. The highest BCUT2D eigenvalue weighted by atomic mass is 32.2. The minimum Gasteiger partial charge on any atom is -0.493 e. The van der Waals surface area contributed by atoms with E-state index in [1.54, 1.807) is 30.3 Å². The lowest BCUT2D eigenvalue weighted by Crippen LogP contribution is -2.32. The van der Waals surface area contributed by atoms with Crippen molar-refractivity contribution >= 4 is 39.1 Å². The average Bonchev–Trinajstić information content (AvgIpc) is 3.12. The van der Waals surface area contributed by atoms with Crippen LogP contribution in [-0.4, -0.2) is 44.7 Å². The first-order valence-electron chi connectivity index (χ1n) is 10.9. The Morgan fingerprint density at radius 1 is 0.944 bits per heavy atom. The van der Waals surface area contributed by atoms with Gasteiger partial charge in [-0.1, -0.05) is 42.0 Å². The number of carbonyl (C=O) groups excluding carboxylic acids is 2. The van der Waals surface area contributed by atoms with Crippen molar-refractivity contribution in [3.05, 3.63) is 88.8 Å². The molecule has 0 unspecified atom stereocenters. The van der Waals surface area contributed by atoms with E-state index in [0.717, 1.165) is 22.2 Å². The van der Waals surface area contributed by atoms with Crippen LogP contribution in [0.3, 0.4) is 0 Å². The Labute approximate surface area is 213 Å². The maximum Gasteiger partial charge on any atom is 0.339 e. The van der Waals surface area contributed by atoms with Gasteiger partial charge in [-0.3, -0.25) is 14.5 Å². The number of methoxy groups -OCH3 is 1. The van der Waals surface area contributed by atoms with Gasteiger partial charge in [0, 0.05) is 0 Å². The van der Waals surface area contributed by atoms with Gasteiger partial charge in [-0.2, -0.15) is 8.42 Å². The van der Waals surface area contributed by atoms with Crippen molar-refractivity contribution in [1.29, 1.82) is 0 Å². The van der Waals surface area contributed by atoms with E-state index in [2.05, 4.69) is 0 Å². The summed E-state index contributed by atoms with van der Waals surface area (Å²) < 4.78 is 41.7. The number of hydrogen-bond donors (Lipinski definition) is 0. The summed E-state index contributed by atoms with van der Waals surface area (Å²) in [7, 11) is -2.73. The van der Waals surface area contributed by atoms with Crippen LogP contribution in [0, 0.1) is 6.92 Å². The number of thioether (sulfide) groups is 1. The van der Waals surface area contributed by atoms with E-state index >= 15 is 0 Å². The maximum atomic E-state index is 12.8. The van der Waals surface area contributed by atoms with Gasteiger partial charge in [-0.25, -0.2) is 0 Å². The van der Waals surface area contributed by atoms with Crippen LogP contribution < -0.4 is 13.7 Å². The van der Waals surface area contributed by atoms with E-state index in [1.807, 2.05) is 25.1 Å². The summed E-state index contributed by atoms with van der Waals surface area (Å²) in [4.78, 5) is 26.6. The average molecular weight is 526 g/mol. The molecule has 8 nitrogen and oxygen atoms in total. The van der Waals surface area contributed by atoms with Crippen LogP contribution in [0.4, 0.5) is 4.79 Å². The molecule has 1 aliphatic heterocycles. The molecule has 0 aliphatic carbocycles. The van der Waals surface area contributed by atoms with Gasteiger partial charge in [0.25, 0.3) is 11.1 Å². The van der Waals surface area contributed by atoms with E-state index < -0.39 is 21.3 Å². The third-order valence-corrected chi connectivity index (χ3v) is 7.35. The molecule has 0 radical (unpaired) electrons. The first-order chi connectivity index (χ1) is 17.3. The van der Waals surface area contributed by atoms with E-state index in [-0.39, 0.29) is 34.5 Å². The number of hydrogen-bond acceptors (Lipinski definition) is 8. The molecule has 1 saturated heterocycles. The van der Waals surface area contributed by atoms with E-state index in [4.69, 9.17) is 13.7 Å². The van der Waals surface area contributed by atoms with Crippen LogP contribution >= 0.6 is 11.8 Å². The Morgan fingerprint density at radius 2 is 1.67 bits per heavy atom. The van der Waals surface area contributed by atoms with E-state index in [1.165, 1.54) is 37.5 Å². The molecular formula is C26H23NO7S2. The standard InChI is InChI=1S/C26H23NO7S2/c1-18-8-11-21(12-9-18)36(30,31)34-23-16-19(10-13-22(23)32-2)17-24-25(28)27(26(29)35-24)14-15-33-20-6-4-3-5-7-20/h3-13,16-17H,14-15H2,1-2H3/b24-17-. The second-order valence-electron chi connectivity index (χ2n) is 7.76. The monoisotopic (exact) mass is 525 g/mol. The molecule has 1 heterocycles. The van der Waals surface area contributed by atoms with E-state index in [9.17, 15) is 18.0 Å². The first kappa shape index (κ1) is 25.3. The predicted octanol–water partition coefficient (Wildman–Crippen LogP) is 4.89. The molecule has 4 rings (SSSR count). The topological polar surface area (TPSA) is 99.2 Å². The fourth-order valence-electron chi connectivity index (χ4n) is 3.34. The number of nitrogens with zero attached hydrogens (tertiary/aromatic N) is 1. The van der Waals surface area contributed by atoms with Gasteiger partial charge in [0.05, 0.1) is 18.6 Å². The summed E-state index contributed by atoms with van der Waals surface area (Å²) in [6, 6.07) is 20.0. The number of amides is 2. The molecule has 1 aliphatic rings. The molecule has 3 aromatic carbocycles. The molecule has 0 N–H and O–H groups in total. The molecule has 0 saturated carbocycles. The van der Waals surface area contributed by atoms with Crippen molar-refractivity contribution in [3.8, 4) is 17.2 Å². The molecular weight excluding hydrogens is 502 g/mol. The minimum absolute atomic E-state index is 0.000558. The van der Waals surface area contributed by atoms with Gasteiger partial charge in [-0.05, 0) is 66.7 Å². The smallest absolute Gasteiger partial charge is 0.339 e. The third-order valence-electron chi connectivity index (χ3n) is 5.20. The summed E-state index contributed by atoms with van der Waals surface area (Å²) in [6.45, 7) is 2.11. The second kappa shape index (κ2) is 10.9. The van der Waals surface area contributed by atoms with Crippen LogP contribution in [0.25, 0.3) is 6.08 Å². The van der Waals surface area contributed by atoms with Crippen LogP contribution in [-0.2, 0) is 14.9 Å². The molecule has 0 aromatic heterocycles. The van der Waals surface area contributed by atoms with Crippen molar-refractivity contribution in [1.82, 2.24) is 4.90 Å². The van der Waals surface area contributed by atoms with Gasteiger partial charge in [0.2, 0.25) is 0 Å². The summed E-state index contributed by atoms with van der Waals surface area (Å²) in [5, 5.41) is -0.408. The van der Waals surface area contributed by atoms with Gasteiger partial charge in [-0.15, -0.1) is 0 Å². The van der Waals surface area contributed by atoms with Crippen LogP contribution in [0.1, 0.15) is 11.1 Å². The Balaban J connectivity index is 1.50. The summed E-state index contributed by atoms with van der Waals surface area (Å²) in [5.74, 6) is 0.356. The molecule has 36 heavy (non-hydrogen) atoms. The fourth-order valence-corrected chi connectivity index (χ4v) is 5.13. The number of aryl methyl sites for hydroxylation is 1. The van der Waals surface area contributed by atoms with Gasteiger partial charge in [0.15, 0.2) is 11.5 Å². The highest BCUT2D eigenvalue weighted by Crippen LogP contribution is 2.35. The lowest BCUT2D eigenvalue weighted by molar-refractivity contribution is -0.123. The fraction of sp³-hybridized carbons (Fsp3) is 0.154. The number of rotatable bonds is 9. The van der Waals surface area contributed by atoms with E-state index in [0.29, 0.717) is 11.3 Å². The van der Waals surface area contributed by atoms with Crippen LogP contribution in [0.2, 0.25) is 0 Å². The largest absolute Gasteiger partial charge is 0.493 e.